The third-order valence-corrected chi connectivity index (χ3v) is 3.47. The molecule has 0 radical (unpaired) electrons. The number of benzene rings is 1. The van der Waals surface area contributed by atoms with Crippen molar-refractivity contribution in [3.05, 3.63) is 44.2 Å². The van der Waals surface area contributed by atoms with Crippen LogP contribution in [0.1, 0.15) is 18.1 Å². The highest BCUT2D eigenvalue weighted by atomic mass is 127. The van der Waals surface area contributed by atoms with Crippen LogP contribution in [0.15, 0.2) is 30.0 Å². The monoisotopic (exact) mass is 336 g/mol. The predicted octanol–water partition coefficient (Wildman–Crippen LogP) is 3.28. The number of rotatable bonds is 2. The van der Waals surface area contributed by atoms with Crippen molar-refractivity contribution in [1.82, 2.24) is 0 Å². The van der Waals surface area contributed by atoms with Gasteiger partial charge in [0.15, 0.2) is 0 Å². The first-order valence-corrected chi connectivity index (χ1v) is 6.10. The van der Waals surface area contributed by atoms with Gasteiger partial charge >= 0.3 is 0 Å². The van der Waals surface area contributed by atoms with Crippen molar-refractivity contribution < 1.29 is 9.84 Å². The maximum absolute atomic E-state index is 10.1. The maximum atomic E-state index is 10.1. The molecule has 1 aromatic rings. The van der Waals surface area contributed by atoms with Crippen LogP contribution >= 0.6 is 34.2 Å². The lowest BCUT2D eigenvalue weighted by Crippen LogP contribution is -2.04. The van der Waals surface area contributed by atoms with E-state index in [9.17, 15) is 5.11 Å². The summed E-state index contributed by atoms with van der Waals surface area (Å²) in [5.41, 5.74) is 0.802. The highest BCUT2D eigenvalue weighted by molar-refractivity contribution is 14.1. The molecule has 1 N–H and O–H groups in total. The summed E-state index contributed by atoms with van der Waals surface area (Å²) in [5.74, 6) is 0.634. The summed E-state index contributed by atoms with van der Waals surface area (Å²) in [6.07, 6.45) is 2.09. The number of hydrogen-bond acceptors (Lipinski definition) is 2. The first kappa shape index (κ1) is 11.2. The van der Waals surface area contributed by atoms with Crippen LogP contribution in [0, 0.1) is 3.57 Å². The van der Waals surface area contributed by atoms with Crippen LogP contribution in [0.5, 0.6) is 0 Å². The fourth-order valence-electron chi connectivity index (χ4n) is 1.50. The molecule has 4 heteroatoms. The second kappa shape index (κ2) is 4.72. The number of aliphatic hydroxyl groups excluding tert-OH is 1. The fourth-order valence-corrected chi connectivity index (χ4v) is 2.32. The Labute approximate surface area is 107 Å². The number of ether oxygens (including phenoxy) is 1. The molecule has 80 valence electrons. The van der Waals surface area contributed by atoms with Crippen molar-refractivity contribution >= 4 is 34.2 Å². The van der Waals surface area contributed by atoms with Crippen molar-refractivity contribution in [3.63, 3.8) is 0 Å². The van der Waals surface area contributed by atoms with Gasteiger partial charge in [-0.1, -0.05) is 11.6 Å². The van der Waals surface area contributed by atoms with Gasteiger partial charge in [-0.05, 0) is 46.9 Å². The van der Waals surface area contributed by atoms with Gasteiger partial charge in [0, 0.05) is 20.6 Å². The Morgan fingerprint density at radius 3 is 2.93 bits per heavy atom. The normalized spacial score (nSPS) is 17.1. The molecular formula is C11H10ClIO2. The van der Waals surface area contributed by atoms with Crippen LogP contribution in [0.2, 0.25) is 5.02 Å². The Balaban J connectivity index is 2.31. The Morgan fingerprint density at radius 2 is 2.27 bits per heavy atom. The smallest absolute Gasteiger partial charge is 0.137 e. The lowest BCUT2D eigenvalue weighted by Gasteiger charge is -2.14. The van der Waals surface area contributed by atoms with E-state index in [1.807, 2.05) is 18.2 Å². The first-order chi connectivity index (χ1) is 7.18. The summed E-state index contributed by atoms with van der Waals surface area (Å²) in [5, 5.41) is 10.7. The van der Waals surface area contributed by atoms with E-state index in [-0.39, 0.29) is 0 Å². The van der Waals surface area contributed by atoms with E-state index in [2.05, 4.69) is 22.6 Å². The SMILES string of the molecule is OC(C1=CCCO1)c1cc(Cl)ccc1I. The van der Waals surface area contributed by atoms with Gasteiger partial charge in [-0.25, -0.2) is 0 Å². The minimum atomic E-state index is -0.696. The number of aliphatic hydroxyl groups is 1. The second-order valence-electron chi connectivity index (χ2n) is 3.31. The van der Waals surface area contributed by atoms with Crippen molar-refractivity contribution in [2.75, 3.05) is 6.61 Å². The number of halogens is 2. The van der Waals surface area contributed by atoms with E-state index in [1.54, 1.807) is 6.07 Å². The van der Waals surface area contributed by atoms with Gasteiger partial charge in [0.1, 0.15) is 11.9 Å². The molecular weight excluding hydrogens is 326 g/mol. The van der Waals surface area contributed by atoms with Crippen molar-refractivity contribution in [2.45, 2.75) is 12.5 Å². The topological polar surface area (TPSA) is 29.5 Å². The molecule has 0 aliphatic carbocycles. The second-order valence-corrected chi connectivity index (χ2v) is 4.91. The van der Waals surface area contributed by atoms with Crippen LogP contribution in [0.4, 0.5) is 0 Å². The molecule has 2 rings (SSSR count). The molecule has 0 bridgehead atoms. The largest absolute Gasteiger partial charge is 0.495 e. The lowest BCUT2D eigenvalue weighted by atomic mass is 10.1. The van der Waals surface area contributed by atoms with Crippen LogP contribution in [-0.2, 0) is 4.74 Å². The van der Waals surface area contributed by atoms with Gasteiger partial charge in [-0.2, -0.15) is 0 Å². The molecule has 0 saturated carbocycles. The van der Waals surface area contributed by atoms with E-state index in [4.69, 9.17) is 16.3 Å². The van der Waals surface area contributed by atoms with E-state index in [0.717, 1.165) is 15.6 Å². The zero-order chi connectivity index (χ0) is 10.8. The van der Waals surface area contributed by atoms with E-state index in [1.165, 1.54) is 0 Å². The highest BCUT2D eigenvalue weighted by Crippen LogP contribution is 2.31. The van der Waals surface area contributed by atoms with Crippen LogP contribution in [0.25, 0.3) is 0 Å². The van der Waals surface area contributed by atoms with Crippen LogP contribution in [0.3, 0.4) is 0 Å². The Hall–Kier alpha value is -0.260. The fraction of sp³-hybridized carbons (Fsp3) is 0.273. The quantitative estimate of drug-likeness (QED) is 0.840. The van der Waals surface area contributed by atoms with Crippen LogP contribution < -0.4 is 0 Å². The Morgan fingerprint density at radius 1 is 1.47 bits per heavy atom. The van der Waals surface area contributed by atoms with E-state index < -0.39 is 6.10 Å². The molecule has 0 saturated heterocycles. The van der Waals surface area contributed by atoms with Gasteiger partial charge in [-0.15, -0.1) is 0 Å². The zero-order valence-corrected chi connectivity index (χ0v) is 10.8. The summed E-state index contributed by atoms with van der Waals surface area (Å²) >= 11 is 8.07. The van der Waals surface area contributed by atoms with Crippen LogP contribution in [-0.4, -0.2) is 11.7 Å². The summed E-state index contributed by atoms with van der Waals surface area (Å²) in [7, 11) is 0. The standard InChI is InChI=1S/C11H10ClIO2/c12-7-3-4-9(13)8(6-7)11(14)10-2-1-5-15-10/h2-4,6,11,14H,1,5H2. The predicted molar refractivity (Wildman–Crippen MR) is 67.8 cm³/mol. The first-order valence-electron chi connectivity index (χ1n) is 4.64. The van der Waals surface area contributed by atoms with Gasteiger partial charge in [0.25, 0.3) is 0 Å². The van der Waals surface area contributed by atoms with Gasteiger partial charge in [0.2, 0.25) is 0 Å². The molecule has 0 fully saturated rings. The third kappa shape index (κ3) is 2.46. The zero-order valence-electron chi connectivity index (χ0n) is 7.91. The Bertz CT molecular complexity index is 404. The number of hydrogen-bond donors (Lipinski definition) is 1. The molecule has 2 nitrogen and oxygen atoms in total. The molecule has 1 atom stereocenters. The van der Waals surface area contributed by atoms with Gasteiger partial charge in [0.05, 0.1) is 6.61 Å². The maximum Gasteiger partial charge on any atom is 0.137 e. The molecule has 1 heterocycles. The van der Waals surface area contributed by atoms with Gasteiger partial charge in [-0.3, -0.25) is 0 Å². The molecule has 15 heavy (non-hydrogen) atoms. The van der Waals surface area contributed by atoms with Crippen molar-refractivity contribution in [2.24, 2.45) is 0 Å². The summed E-state index contributed by atoms with van der Waals surface area (Å²) in [6.45, 7) is 0.656. The average Bonchev–Trinajstić information content (AvgIpc) is 2.74. The lowest BCUT2D eigenvalue weighted by molar-refractivity contribution is 0.118. The highest BCUT2D eigenvalue weighted by Gasteiger charge is 2.20. The molecule has 1 aromatic carbocycles. The third-order valence-electron chi connectivity index (χ3n) is 2.25. The van der Waals surface area contributed by atoms with Gasteiger partial charge < -0.3 is 9.84 Å². The molecule has 1 unspecified atom stereocenters. The molecule has 0 aromatic heterocycles. The summed E-state index contributed by atoms with van der Waals surface area (Å²) in [6, 6.07) is 5.47. The minimum Gasteiger partial charge on any atom is -0.495 e. The summed E-state index contributed by atoms with van der Waals surface area (Å²) < 4.78 is 6.32. The molecule has 0 spiro atoms. The van der Waals surface area contributed by atoms with E-state index >= 15 is 0 Å². The Kier molecular flexibility index (Phi) is 3.53. The van der Waals surface area contributed by atoms with E-state index in [0.29, 0.717) is 17.4 Å². The minimum absolute atomic E-state index is 0.628. The van der Waals surface area contributed by atoms with Crippen molar-refractivity contribution in [3.8, 4) is 0 Å². The molecule has 1 aliphatic rings. The van der Waals surface area contributed by atoms with Crippen molar-refractivity contribution in [1.29, 1.82) is 0 Å². The molecule has 0 amide bonds. The molecule has 1 aliphatic heterocycles. The average molecular weight is 337 g/mol. The summed E-state index contributed by atoms with van der Waals surface area (Å²) in [4.78, 5) is 0.